The molecular weight excluding hydrogens is 433 g/mol. The molecule has 1 atom stereocenters. The first-order chi connectivity index (χ1) is 15.2. The molecule has 0 spiro atoms. The molecule has 0 unspecified atom stereocenters. The largest absolute Gasteiger partial charge is 0.344 e. The lowest BCUT2D eigenvalue weighted by Gasteiger charge is -2.28. The number of sulfonamides is 1. The highest BCUT2D eigenvalue weighted by molar-refractivity contribution is 7.89. The number of nitrogens with one attached hydrogen (secondary N) is 3. The summed E-state index contributed by atoms with van der Waals surface area (Å²) < 4.78 is 40.3. The number of anilines is 1. The van der Waals surface area contributed by atoms with Crippen molar-refractivity contribution >= 4 is 27.5 Å². The van der Waals surface area contributed by atoms with Gasteiger partial charge in [0.15, 0.2) is 0 Å². The topological polar surface area (TPSA) is 104 Å². The molecule has 2 amide bonds. The van der Waals surface area contributed by atoms with Gasteiger partial charge >= 0.3 is 0 Å². The van der Waals surface area contributed by atoms with Gasteiger partial charge in [0.25, 0.3) is 0 Å². The van der Waals surface area contributed by atoms with Crippen LogP contribution in [0.15, 0.2) is 59.5 Å². The van der Waals surface area contributed by atoms with Gasteiger partial charge in [0.1, 0.15) is 11.9 Å². The quantitative estimate of drug-likeness (QED) is 0.562. The van der Waals surface area contributed by atoms with E-state index in [1.807, 2.05) is 0 Å². The SMILES string of the molecule is C[C@@H](NC(=O)C1CCC(CNS(=O)(=O)c2ccccc2)CC1)C(=O)Nc1ccc(F)cc1. The van der Waals surface area contributed by atoms with Crippen molar-refractivity contribution in [3.05, 3.63) is 60.4 Å². The first-order valence-corrected chi connectivity index (χ1v) is 12.1. The number of hydrogen-bond acceptors (Lipinski definition) is 4. The van der Waals surface area contributed by atoms with Crippen molar-refractivity contribution in [1.82, 2.24) is 10.0 Å². The monoisotopic (exact) mass is 461 g/mol. The Morgan fingerprint density at radius 3 is 2.25 bits per heavy atom. The van der Waals surface area contributed by atoms with Crippen LogP contribution in [0.2, 0.25) is 0 Å². The zero-order valence-electron chi connectivity index (χ0n) is 17.9. The Bertz CT molecular complexity index is 1020. The lowest BCUT2D eigenvalue weighted by molar-refractivity contribution is -0.129. The number of amides is 2. The summed E-state index contributed by atoms with van der Waals surface area (Å²) in [7, 11) is -3.54. The van der Waals surface area contributed by atoms with E-state index in [1.54, 1.807) is 37.3 Å². The fourth-order valence-electron chi connectivity index (χ4n) is 3.72. The minimum Gasteiger partial charge on any atom is -0.344 e. The summed E-state index contributed by atoms with van der Waals surface area (Å²) in [6.07, 6.45) is 2.73. The third-order valence-corrected chi connectivity index (χ3v) is 7.14. The van der Waals surface area contributed by atoms with Crippen molar-refractivity contribution in [2.75, 3.05) is 11.9 Å². The van der Waals surface area contributed by atoms with Crippen LogP contribution >= 0.6 is 0 Å². The van der Waals surface area contributed by atoms with Gasteiger partial charge in [0.05, 0.1) is 4.90 Å². The number of halogens is 1. The average Bonchev–Trinajstić information content (AvgIpc) is 2.80. The first-order valence-electron chi connectivity index (χ1n) is 10.7. The van der Waals surface area contributed by atoms with Crippen LogP contribution in [0.3, 0.4) is 0 Å². The van der Waals surface area contributed by atoms with Gasteiger partial charge in [-0.05, 0) is 74.9 Å². The highest BCUT2D eigenvalue weighted by atomic mass is 32.2. The normalized spacial score (nSPS) is 19.7. The number of hydrogen-bond donors (Lipinski definition) is 3. The number of carbonyl (C=O) groups is 2. The van der Waals surface area contributed by atoms with Crippen LogP contribution in [-0.2, 0) is 19.6 Å². The van der Waals surface area contributed by atoms with Gasteiger partial charge in [-0.3, -0.25) is 9.59 Å². The molecule has 0 aromatic heterocycles. The summed E-state index contributed by atoms with van der Waals surface area (Å²) >= 11 is 0. The summed E-state index contributed by atoms with van der Waals surface area (Å²) in [6, 6.07) is 12.9. The van der Waals surface area contributed by atoms with Gasteiger partial charge in [0.2, 0.25) is 21.8 Å². The molecule has 0 saturated heterocycles. The van der Waals surface area contributed by atoms with E-state index in [9.17, 15) is 22.4 Å². The summed E-state index contributed by atoms with van der Waals surface area (Å²) in [5, 5.41) is 5.38. The van der Waals surface area contributed by atoms with Crippen LogP contribution < -0.4 is 15.4 Å². The zero-order valence-corrected chi connectivity index (χ0v) is 18.7. The van der Waals surface area contributed by atoms with Gasteiger partial charge in [0, 0.05) is 18.2 Å². The summed E-state index contributed by atoms with van der Waals surface area (Å²) in [6.45, 7) is 1.93. The van der Waals surface area contributed by atoms with Gasteiger partial charge < -0.3 is 10.6 Å². The predicted molar refractivity (Wildman–Crippen MR) is 120 cm³/mol. The van der Waals surface area contributed by atoms with Crippen LogP contribution in [0.25, 0.3) is 0 Å². The highest BCUT2D eigenvalue weighted by Crippen LogP contribution is 2.29. The molecule has 0 radical (unpaired) electrons. The lowest BCUT2D eigenvalue weighted by atomic mass is 9.81. The Morgan fingerprint density at radius 2 is 1.62 bits per heavy atom. The third kappa shape index (κ3) is 6.61. The maximum Gasteiger partial charge on any atom is 0.246 e. The van der Waals surface area contributed by atoms with Crippen LogP contribution in [-0.4, -0.2) is 32.8 Å². The van der Waals surface area contributed by atoms with Crippen molar-refractivity contribution in [1.29, 1.82) is 0 Å². The molecule has 2 aromatic carbocycles. The smallest absolute Gasteiger partial charge is 0.246 e. The predicted octanol–water partition coefficient (Wildman–Crippen LogP) is 3.05. The Hall–Kier alpha value is -2.78. The Kier molecular flexibility index (Phi) is 7.98. The minimum absolute atomic E-state index is 0.164. The van der Waals surface area contributed by atoms with E-state index in [0.29, 0.717) is 25.1 Å². The maximum absolute atomic E-state index is 13.0. The van der Waals surface area contributed by atoms with E-state index >= 15 is 0 Å². The molecule has 1 aliphatic carbocycles. The summed E-state index contributed by atoms with van der Waals surface area (Å²) in [4.78, 5) is 25.1. The standard InChI is InChI=1S/C23H28FN3O4S/c1-16(22(28)27-20-13-11-19(24)12-14-20)26-23(29)18-9-7-17(8-10-18)15-25-32(30,31)21-5-3-2-4-6-21/h2-6,11-14,16-18,25H,7-10,15H2,1H3,(H,26,29)(H,27,28)/t16-,17?,18?/m1/s1. The van der Waals surface area contributed by atoms with E-state index in [4.69, 9.17) is 0 Å². The summed E-state index contributed by atoms with van der Waals surface area (Å²) in [5.41, 5.74) is 0.455. The number of benzene rings is 2. The zero-order chi connectivity index (χ0) is 23.1. The van der Waals surface area contributed by atoms with Crippen molar-refractivity contribution < 1.29 is 22.4 Å². The molecule has 3 N–H and O–H groups in total. The fourth-order valence-corrected chi connectivity index (χ4v) is 4.86. The van der Waals surface area contributed by atoms with E-state index in [0.717, 1.165) is 12.8 Å². The fraction of sp³-hybridized carbons (Fsp3) is 0.391. The van der Waals surface area contributed by atoms with Crippen molar-refractivity contribution in [3.8, 4) is 0 Å². The molecule has 1 fully saturated rings. The summed E-state index contributed by atoms with van der Waals surface area (Å²) in [5.74, 6) is -1.01. The number of carbonyl (C=O) groups excluding carboxylic acids is 2. The van der Waals surface area contributed by atoms with Crippen LogP contribution in [0, 0.1) is 17.7 Å². The molecule has 7 nitrogen and oxygen atoms in total. The van der Waals surface area contributed by atoms with Crippen LogP contribution in [0.1, 0.15) is 32.6 Å². The van der Waals surface area contributed by atoms with Crippen LogP contribution in [0.5, 0.6) is 0 Å². The molecule has 9 heteroatoms. The Labute approximate surface area is 187 Å². The molecule has 1 aliphatic rings. The third-order valence-electron chi connectivity index (χ3n) is 5.70. The first kappa shape index (κ1) is 23.9. The average molecular weight is 462 g/mol. The van der Waals surface area contributed by atoms with E-state index in [-0.39, 0.29) is 28.5 Å². The van der Waals surface area contributed by atoms with Gasteiger partial charge in [-0.25, -0.2) is 17.5 Å². The molecule has 32 heavy (non-hydrogen) atoms. The van der Waals surface area contributed by atoms with Crippen LogP contribution in [0.4, 0.5) is 10.1 Å². The maximum atomic E-state index is 13.0. The molecule has 0 bridgehead atoms. The van der Waals surface area contributed by atoms with Crippen molar-refractivity contribution in [3.63, 3.8) is 0 Å². The second-order valence-corrected chi connectivity index (χ2v) is 9.88. The van der Waals surface area contributed by atoms with E-state index in [1.165, 1.54) is 24.3 Å². The second kappa shape index (κ2) is 10.7. The Morgan fingerprint density at radius 1 is 1.00 bits per heavy atom. The van der Waals surface area contributed by atoms with Crippen molar-refractivity contribution in [2.24, 2.45) is 11.8 Å². The molecule has 0 aliphatic heterocycles. The van der Waals surface area contributed by atoms with Gasteiger partial charge in [-0.1, -0.05) is 18.2 Å². The van der Waals surface area contributed by atoms with Crippen molar-refractivity contribution in [2.45, 2.75) is 43.5 Å². The lowest BCUT2D eigenvalue weighted by Crippen LogP contribution is -2.45. The molecule has 172 valence electrons. The highest BCUT2D eigenvalue weighted by Gasteiger charge is 2.29. The molecule has 3 rings (SSSR count). The van der Waals surface area contributed by atoms with E-state index in [2.05, 4.69) is 15.4 Å². The van der Waals surface area contributed by atoms with Gasteiger partial charge in [-0.15, -0.1) is 0 Å². The second-order valence-electron chi connectivity index (χ2n) is 8.11. The molecular formula is C23H28FN3O4S. The number of rotatable bonds is 8. The van der Waals surface area contributed by atoms with E-state index < -0.39 is 21.9 Å². The Balaban J connectivity index is 1.42. The molecule has 1 saturated carbocycles. The van der Waals surface area contributed by atoms with Gasteiger partial charge in [-0.2, -0.15) is 0 Å². The molecule has 0 heterocycles. The molecule has 2 aromatic rings. The minimum atomic E-state index is -3.54.